The number of nitrogens with zero attached hydrogens (tertiary/aromatic N) is 2. The molecule has 6 heteroatoms. The van der Waals surface area contributed by atoms with Gasteiger partial charge in [-0.1, -0.05) is 18.0 Å². The van der Waals surface area contributed by atoms with Crippen LogP contribution in [-0.2, 0) is 4.74 Å². The molecule has 2 fully saturated rings. The van der Waals surface area contributed by atoms with E-state index >= 15 is 0 Å². The Labute approximate surface area is 113 Å². The van der Waals surface area contributed by atoms with E-state index in [4.69, 9.17) is 9.26 Å². The van der Waals surface area contributed by atoms with Gasteiger partial charge in [0.25, 0.3) is 0 Å². The fourth-order valence-corrected chi connectivity index (χ4v) is 2.73. The van der Waals surface area contributed by atoms with Gasteiger partial charge in [0.15, 0.2) is 5.82 Å². The molecule has 0 unspecified atom stereocenters. The van der Waals surface area contributed by atoms with Gasteiger partial charge in [-0.2, -0.15) is 4.98 Å². The van der Waals surface area contributed by atoms with E-state index in [1.165, 1.54) is 25.7 Å². The zero-order chi connectivity index (χ0) is 11.7. The average Bonchev–Trinajstić information content (AvgIpc) is 3.00. The van der Waals surface area contributed by atoms with E-state index in [2.05, 4.69) is 15.5 Å². The van der Waals surface area contributed by atoms with Crippen LogP contribution in [0, 0.1) is 0 Å². The summed E-state index contributed by atoms with van der Waals surface area (Å²) in [5, 5.41) is 7.49. The zero-order valence-electron chi connectivity index (χ0n) is 10.6. The second kappa shape index (κ2) is 5.99. The van der Waals surface area contributed by atoms with E-state index in [1.807, 2.05) is 6.92 Å². The fraction of sp³-hybridized carbons (Fsp3) is 0.833. The summed E-state index contributed by atoms with van der Waals surface area (Å²) >= 11 is 0. The van der Waals surface area contributed by atoms with Crippen LogP contribution in [0.15, 0.2) is 4.52 Å². The highest BCUT2D eigenvalue weighted by Crippen LogP contribution is 2.33. The maximum atomic E-state index is 5.59. The summed E-state index contributed by atoms with van der Waals surface area (Å²) in [4.78, 5) is 4.55. The van der Waals surface area contributed by atoms with Gasteiger partial charge in [-0.25, -0.2) is 0 Å². The Morgan fingerprint density at radius 2 is 2.06 bits per heavy atom. The molecule has 1 saturated heterocycles. The first-order valence-corrected chi connectivity index (χ1v) is 6.53. The third-order valence-corrected chi connectivity index (χ3v) is 3.76. The Balaban J connectivity index is 0.00000120. The predicted molar refractivity (Wildman–Crippen MR) is 68.9 cm³/mol. The number of hydrogen-bond acceptors (Lipinski definition) is 5. The number of nitrogens with one attached hydrogen (secondary N) is 1. The summed E-state index contributed by atoms with van der Waals surface area (Å²) in [6, 6.07) is 0.0476. The number of ether oxygens (including phenoxy) is 1. The van der Waals surface area contributed by atoms with E-state index in [-0.39, 0.29) is 24.6 Å². The third-order valence-electron chi connectivity index (χ3n) is 3.76. The molecule has 18 heavy (non-hydrogen) atoms. The summed E-state index contributed by atoms with van der Waals surface area (Å²) in [7, 11) is 0. The third kappa shape index (κ3) is 2.68. The summed E-state index contributed by atoms with van der Waals surface area (Å²) in [6.45, 7) is 3.63. The summed E-state index contributed by atoms with van der Waals surface area (Å²) in [6.07, 6.45) is 5.07. The maximum Gasteiger partial charge on any atom is 0.246 e. The molecule has 2 heterocycles. The minimum absolute atomic E-state index is 0. The van der Waals surface area contributed by atoms with Crippen LogP contribution in [0.4, 0.5) is 0 Å². The Morgan fingerprint density at radius 1 is 1.28 bits per heavy atom. The van der Waals surface area contributed by atoms with Crippen molar-refractivity contribution in [1.82, 2.24) is 15.5 Å². The van der Waals surface area contributed by atoms with Crippen LogP contribution < -0.4 is 5.32 Å². The minimum Gasteiger partial charge on any atom is -0.375 e. The molecule has 1 saturated carbocycles. The summed E-state index contributed by atoms with van der Waals surface area (Å²) in [5.74, 6) is 2.07. The second-order valence-electron chi connectivity index (χ2n) is 4.98. The van der Waals surface area contributed by atoms with Gasteiger partial charge in [-0.15, -0.1) is 12.4 Å². The molecule has 1 aliphatic carbocycles. The van der Waals surface area contributed by atoms with Crippen LogP contribution in [-0.4, -0.2) is 29.4 Å². The van der Waals surface area contributed by atoms with Crippen LogP contribution in [0.1, 0.15) is 56.3 Å². The summed E-state index contributed by atoms with van der Waals surface area (Å²) < 4.78 is 11.0. The van der Waals surface area contributed by atoms with Crippen molar-refractivity contribution in [2.75, 3.05) is 13.2 Å². The number of halogens is 1. The molecule has 1 aliphatic heterocycles. The molecule has 1 aromatic rings. The molecule has 1 aromatic heterocycles. The molecule has 0 spiro atoms. The lowest BCUT2D eigenvalue weighted by Crippen LogP contribution is -2.40. The van der Waals surface area contributed by atoms with E-state index in [0.29, 0.717) is 11.8 Å². The van der Waals surface area contributed by atoms with E-state index in [1.54, 1.807) is 0 Å². The molecular formula is C12H20ClN3O2. The lowest BCUT2D eigenvalue weighted by molar-refractivity contribution is -0.00136. The molecule has 5 nitrogen and oxygen atoms in total. The van der Waals surface area contributed by atoms with Crippen molar-refractivity contribution in [2.24, 2.45) is 0 Å². The van der Waals surface area contributed by atoms with Crippen molar-refractivity contribution in [1.29, 1.82) is 0 Å². The molecule has 0 amide bonds. The van der Waals surface area contributed by atoms with Gasteiger partial charge in [-0.05, 0) is 19.8 Å². The van der Waals surface area contributed by atoms with E-state index in [0.717, 1.165) is 19.0 Å². The van der Waals surface area contributed by atoms with Crippen LogP contribution >= 0.6 is 12.4 Å². The maximum absolute atomic E-state index is 5.59. The lowest BCUT2D eigenvalue weighted by atomic mass is 10.1. The van der Waals surface area contributed by atoms with Gasteiger partial charge in [0.1, 0.15) is 6.04 Å². The standard InChI is InChI=1S/C12H19N3O2.ClH/c1-8-10(13-6-7-16-8)12-14-11(15-17-12)9-4-2-3-5-9;/h8-10,13H,2-7H2,1H3;1H/t8-,10+;/m1./s1. The fourth-order valence-electron chi connectivity index (χ4n) is 2.73. The Bertz CT molecular complexity index is 379. The van der Waals surface area contributed by atoms with Crippen molar-refractivity contribution in [3.05, 3.63) is 11.7 Å². The van der Waals surface area contributed by atoms with Gasteiger partial charge in [0.2, 0.25) is 5.89 Å². The molecule has 2 aliphatic rings. The van der Waals surface area contributed by atoms with Crippen LogP contribution in [0.2, 0.25) is 0 Å². The molecule has 0 radical (unpaired) electrons. The minimum atomic E-state index is 0. The van der Waals surface area contributed by atoms with Crippen molar-refractivity contribution in [3.8, 4) is 0 Å². The van der Waals surface area contributed by atoms with E-state index in [9.17, 15) is 0 Å². The molecular weight excluding hydrogens is 254 g/mol. The first-order chi connectivity index (χ1) is 8.34. The summed E-state index contributed by atoms with van der Waals surface area (Å²) in [5.41, 5.74) is 0. The van der Waals surface area contributed by atoms with E-state index < -0.39 is 0 Å². The quantitative estimate of drug-likeness (QED) is 0.895. The highest BCUT2D eigenvalue weighted by Gasteiger charge is 2.30. The number of morpholine rings is 1. The molecule has 102 valence electrons. The number of hydrogen-bond donors (Lipinski definition) is 1. The first kappa shape index (κ1) is 13.8. The lowest BCUT2D eigenvalue weighted by Gasteiger charge is -2.27. The first-order valence-electron chi connectivity index (χ1n) is 6.53. The topological polar surface area (TPSA) is 60.2 Å². The van der Waals surface area contributed by atoms with Crippen molar-refractivity contribution in [3.63, 3.8) is 0 Å². The number of rotatable bonds is 2. The van der Waals surface area contributed by atoms with Gasteiger partial charge in [-0.3, -0.25) is 0 Å². The predicted octanol–water partition coefficient (Wildman–Crippen LogP) is 2.20. The Hall–Kier alpha value is -0.650. The van der Waals surface area contributed by atoms with Crippen LogP contribution in [0.3, 0.4) is 0 Å². The molecule has 1 N–H and O–H groups in total. The van der Waals surface area contributed by atoms with Gasteiger partial charge < -0.3 is 14.6 Å². The zero-order valence-corrected chi connectivity index (χ0v) is 11.4. The van der Waals surface area contributed by atoms with Crippen LogP contribution in [0.5, 0.6) is 0 Å². The van der Waals surface area contributed by atoms with Crippen molar-refractivity contribution < 1.29 is 9.26 Å². The average molecular weight is 274 g/mol. The SMILES string of the molecule is C[C@H]1OCCN[C@@H]1c1nc(C2CCCC2)no1.Cl. The highest BCUT2D eigenvalue weighted by atomic mass is 35.5. The smallest absolute Gasteiger partial charge is 0.246 e. The molecule has 0 aromatic carbocycles. The molecule has 0 bridgehead atoms. The van der Waals surface area contributed by atoms with Crippen molar-refractivity contribution >= 4 is 12.4 Å². The Kier molecular flexibility index (Phi) is 4.59. The van der Waals surface area contributed by atoms with Crippen LogP contribution in [0.25, 0.3) is 0 Å². The van der Waals surface area contributed by atoms with Gasteiger partial charge >= 0.3 is 0 Å². The monoisotopic (exact) mass is 273 g/mol. The molecule has 2 atom stereocenters. The molecule has 3 rings (SSSR count). The van der Waals surface area contributed by atoms with Crippen molar-refractivity contribution in [2.45, 2.75) is 50.7 Å². The second-order valence-corrected chi connectivity index (χ2v) is 4.98. The normalized spacial score (nSPS) is 29.2. The number of aromatic nitrogens is 2. The van der Waals surface area contributed by atoms with Gasteiger partial charge in [0, 0.05) is 12.5 Å². The highest BCUT2D eigenvalue weighted by molar-refractivity contribution is 5.85. The largest absolute Gasteiger partial charge is 0.375 e. The Morgan fingerprint density at radius 3 is 2.78 bits per heavy atom. The van der Waals surface area contributed by atoms with Gasteiger partial charge in [0.05, 0.1) is 12.7 Å².